The summed E-state index contributed by atoms with van der Waals surface area (Å²) < 4.78 is 5.31. The van der Waals surface area contributed by atoms with Crippen molar-refractivity contribution in [3.63, 3.8) is 0 Å². The van der Waals surface area contributed by atoms with E-state index < -0.39 is 16.7 Å². The van der Waals surface area contributed by atoms with Crippen molar-refractivity contribution in [1.29, 1.82) is 0 Å². The van der Waals surface area contributed by atoms with Crippen molar-refractivity contribution in [3.8, 4) is 0 Å². The summed E-state index contributed by atoms with van der Waals surface area (Å²) in [5.41, 5.74) is 5.76. The van der Waals surface area contributed by atoms with Gasteiger partial charge in [0, 0.05) is 30.3 Å². The minimum atomic E-state index is -0.568. The maximum atomic E-state index is 12.4. The van der Waals surface area contributed by atoms with E-state index in [0.717, 1.165) is 5.13 Å². The number of hydrogen-bond donors (Lipinski definition) is 2. The maximum Gasteiger partial charge on any atom is 0.281 e. The topological polar surface area (TPSA) is 127 Å². The summed E-state index contributed by atoms with van der Waals surface area (Å²) in [6.07, 6.45) is 0. The van der Waals surface area contributed by atoms with Gasteiger partial charge in [-0.25, -0.2) is 4.98 Å². The number of thiazole rings is 1. The number of hydrogen-bond acceptors (Lipinski definition) is 8. The monoisotopic (exact) mass is 405 g/mol. The molecule has 0 bridgehead atoms. The van der Waals surface area contributed by atoms with Crippen LogP contribution in [0.25, 0.3) is 0 Å². The molecule has 1 fully saturated rings. The lowest BCUT2D eigenvalue weighted by Crippen LogP contribution is -2.41. The van der Waals surface area contributed by atoms with Crippen molar-refractivity contribution < 1.29 is 19.2 Å². The number of nitrogens with one attached hydrogen (secondary N) is 2. The second-order valence-electron chi connectivity index (χ2n) is 6.18. The van der Waals surface area contributed by atoms with Crippen LogP contribution < -0.4 is 15.8 Å². The Hall–Kier alpha value is -3.05. The highest BCUT2D eigenvalue weighted by molar-refractivity contribution is 7.17. The molecular formula is C17H19N5O5S. The Morgan fingerprint density at radius 3 is 2.54 bits per heavy atom. The second kappa shape index (κ2) is 8.31. The van der Waals surface area contributed by atoms with E-state index in [9.17, 15) is 19.7 Å². The molecule has 0 aliphatic carbocycles. The van der Waals surface area contributed by atoms with Crippen molar-refractivity contribution in [2.45, 2.75) is 13.8 Å². The summed E-state index contributed by atoms with van der Waals surface area (Å²) >= 11 is 1.25. The van der Waals surface area contributed by atoms with Crippen LogP contribution in [0.5, 0.6) is 0 Å². The molecule has 0 unspecified atom stereocenters. The number of carbonyl (C=O) groups excluding carboxylic acids is 2. The van der Waals surface area contributed by atoms with Gasteiger partial charge in [-0.15, -0.1) is 0 Å². The molecule has 28 heavy (non-hydrogen) atoms. The van der Waals surface area contributed by atoms with Gasteiger partial charge >= 0.3 is 0 Å². The first kappa shape index (κ1) is 19.7. The zero-order chi connectivity index (χ0) is 20.3. The Labute approximate surface area is 164 Å². The van der Waals surface area contributed by atoms with Gasteiger partial charge < -0.3 is 9.64 Å². The Morgan fingerprint density at radius 1 is 1.21 bits per heavy atom. The molecular weight excluding hydrogens is 386 g/mol. The molecule has 0 saturated carbocycles. The molecule has 2 amide bonds. The van der Waals surface area contributed by atoms with E-state index in [4.69, 9.17) is 4.74 Å². The number of anilines is 1. The van der Waals surface area contributed by atoms with E-state index in [1.54, 1.807) is 13.8 Å². The number of hydrazine groups is 1. The van der Waals surface area contributed by atoms with E-state index in [2.05, 4.69) is 20.7 Å². The molecule has 1 aromatic carbocycles. The standard InChI is InChI=1S/C17H19N5O5S/c1-10-9-12(3-4-13(10)22(25)26)15(23)19-20-16(24)14-11(2)18-17(28-14)21-5-7-27-8-6-21/h3-4,9H,5-8H2,1-2H3,(H,19,23)(H,20,24). The highest BCUT2D eigenvalue weighted by Crippen LogP contribution is 2.26. The van der Waals surface area contributed by atoms with Crippen molar-refractivity contribution in [2.24, 2.45) is 0 Å². The summed E-state index contributed by atoms with van der Waals surface area (Å²) in [5, 5.41) is 11.6. The van der Waals surface area contributed by atoms with Crippen molar-refractivity contribution in [2.75, 3.05) is 31.2 Å². The van der Waals surface area contributed by atoms with Crippen LogP contribution in [0, 0.1) is 24.0 Å². The van der Waals surface area contributed by atoms with Crippen LogP contribution in [-0.2, 0) is 4.74 Å². The van der Waals surface area contributed by atoms with Crippen LogP contribution in [0.3, 0.4) is 0 Å². The maximum absolute atomic E-state index is 12.4. The Kier molecular flexibility index (Phi) is 5.85. The van der Waals surface area contributed by atoms with E-state index in [1.807, 2.05) is 0 Å². The van der Waals surface area contributed by atoms with E-state index in [-0.39, 0.29) is 11.3 Å². The van der Waals surface area contributed by atoms with E-state index >= 15 is 0 Å². The highest BCUT2D eigenvalue weighted by atomic mass is 32.1. The zero-order valence-electron chi connectivity index (χ0n) is 15.4. The molecule has 0 spiro atoms. The summed E-state index contributed by atoms with van der Waals surface area (Å²) in [7, 11) is 0. The first-order valence-corrected chi connectivity index (χ1v) is 9.34. The molecule has 10 nitrogen and oxygen atoms in total. The summed E-state index contributed by atoms with van der Waals surface area (Å²) in [4.78, 5) is 41.9. The predicted octanol–water partition coefficient (Wildman–Crippen LogP) is 1.58. The molecule has 3 rings (SSSR count). The number of rotatable bonds is 4. The van der Waals surface area contributed by atoms with Crippen molar-refractivity contribution in [1.82, 2.24) is 15.8 Å². The molecule has 1 aliphatic rings. The minimum Gasteiger partial charge on any atom is -0.378 e. The third-order valence-corrected chi connectivity index (χ3v) is 5.44. The third kappa shape index (κ3) is 4.26. The van der Waals surface area contributed by atoms with Crippen LogP contribution in [0.1, 0.15) is 31.3 Å². The number of nitrogens with zero attached hydrogens (tertiary/aromatic N) is 3. The number of ether oxygens (including phenoxy) is 1. The lowest BCUT2D eigenvalue weighted by Gasteiger charge is -2.25. The summed E-state index contributed by atoms with van der Waals surface area (Å²) in [6.45, 7) is 5.93. The third-order valence-electron chi connectivity index (χ3n) is 4.22. The lowest BCUT2D eigenvalue weighted by molar-refractivity contribution is -0.385. The van der Waals surface area contributed by atoms with Crippen LogP contribution in [0.15, 0.2) is 18.2 Å². The molecule has 1 aliphatic heterocycles. The van der Waals surface area contributed by atoms with E-state index in [0.29, 0.717) is 42.4 Å². The number of aromatic nitrogens is 1. The Balaban J connectivity index is 1.64. The Bertz CT molecular complexity index is 923. The largest absolute Gasteiger partial charge is 0.378 e. The van der Waals surface area contributed by atoms with Gasteiger partial charge in [-0.05, 0) is 26.0 Å². The fourth-order valence-electron chi connectivity index (χ4n) is 2.73. The van der Waals surface area contributed by atoms with Gasteiger partial charge in [-0.1, -0.05) is 11.3 Å². The number of nitro groups is 1. The van der Waals surface area contributed by atoms with Gasteiger partial charge in [0.15, 0.2) is 5.13 Å². The summed E-state index contributed by atoms with van der Waals surface area (Å²) in [5.74, 6) is -1.04. The molecule has 0 radical (unpaired) electrons. The van der Waals surface area contributed by atoms with Crippen LogP contribution in [0.2, 0.25) is 0 Å². The number of carbonyl (C=O) groups is 2. The first-order chi connectivity index (χ1) is 13.4. The summed E-state index contributed by atoms with van der Waals surface area (Å²) in [6, 6.07) is 3.99. The number of benzene rings is 1. The van der Waals surface area contributed by atoms with Gasteiger partial charge in [0.05, 0.1) is 23.8 Å². The van der Waals surface area contributed by atoms with Crippen molar-refractivity contribution in [3.05, 3.63) is 50.0 Å². The number of nitro benzene ring substituents is 1. The quantitative estimate of drug-likeness (QED) is 0.584. The van der Waals surface area contributed by atoms with Crippen LogP contribution >= 0.6 is 11.3 Å². The molecule has 2 N–H and O–H groups in total. The normalized spacial score (nSPS) is 13.9. The molecule has 1 saturated heterocycles. The Morgan fingerprint density at radius 2 is 1.89 bits per heavy atom. The van der Waals surface area contributed by atoms with Gasteiger partial charge in [-0.3, -0.25) is 30.6 Å². The molecule has 1 aromatic heterocycles. The van der Waals surface area contributed by atoms with Gasteiger partial charge in [0.1, 0.15) is 4.88 Å². The average molecular weight is 405 g/mol. The minimum absolute atomic E-state index is 0.0727. The number of morpholine rings is 1. The zero-order valence-corrected chi connectivity index (χ0v) is 16.2. The fourth-order valence-corrected chi connectivity index (χ4v) is 3.74. The number of amides is 2. The van der Waals surface area contributed by atoms with Gasteiger partial charge in [-0.2, -0.15) is 0 Å². The van der Waals surface area contributed by atoms with Gasteiger partial charge in [0.25, 0.3) is 17.5 Å². The predicted molar refractivity (Wildman–Crippen MR) is 103 cm³/mol. The number of aryl methyl sites for hydroxylation is 2. The molecule has 11 heteroatoms. The molecule has 2 heterocycles. The van der Waals surface area contributed by atoms with Gasteiger partial charge in [0.2, 0.25) is 0 Å². The molecule has 0 atom stereocenters. The smallest absolute Gasteiger partial charge is 0.281 e. The van der Waals surface area contributed by atoms with E-state index in [1.165, 1.54) is 29.5 Å². The first-order valence-electron chi connectivity index (χ1n) is 8.52. The second-order valence-corrected chi connectivity index (χ2v) is 7.15. The molecule has 148 valence electrons. The fraction of sp³-hybridized carbons (Fsp3) is 0.353. The van der Waals surface area contributed by atoms with Crippen LogP contribution in [0.4, 0.5) is 10.8 Å². The highest BCUT2D eigenvalue weighted by Gasteiger charge is 2.21. The average Bonchev–Trinajstić information content (AvgIpc) is 3.08. The van der Waals surface area contributed by atoms with Crippen molar-refractivity contribution >= 4 is 34.0 Å². The SMILES string of the molecule is Cc1cc(C(=O)NNC(=O)c2sc(N3CCOCC3)nc2C)ccc1[N+](=O)[O-]. The molecule has 2 aromatic rings. The van der Waals surface area contributed by atoms with Crippen LogP contribution in [-0.4, -0.2) is 48.0 Å². The lowest BCUT2D eigenvalue weighted by atomic mass is 10.1.